The fraction of sp³-hybridized carbons (Fsp3) is 0.455. The molecule has 88 valence electrons. The average molecular weight is 243 g/mol. The summed E-state index contributed by atoms with van der Waals surface area (Å²) >= 11 is 5.78. The van der Waals surface area contributed by atoms with E-state index in [1.165, 1.54) is 6.07 Å². The van der Waals surface area contributed by atoms with Gasteiger partial charge in [0.05, 0.1) is 4.92 Å². The lowest BCUT2D eigenvalue weighted by atomic mass is 10.2. The number of halogens is 1. The molecule has 0 fully saturated rings. The zero-order valence-electron chi connectivity index (χ0n) is 9.20. The third kappa shape index (κ3) is 3.38. The molecule has 1 N–H and O–H groups in total. The van der Waals surface area contributed by atoms with Crippen molar-refractivity contribution in [1.82, 2.24) is 0 Å². The molecule has 0 aliphatic carbocycles. The zero-order chi connectivity index (χ0) is 12.0. The second kappa shape index (κ2) is 6.33. The van der Waals surface area contributed by atoms with Crippen molar-refractivity contribution < 1.29 is 4.92 Å². The summed E-state index contributed by atoms with van der Waals surface area (Å²) < 4.78 is 0. The minimum Gasteiger partial charge on any atom is -0.379 e. The predicted molar refractivity (Wildman–Crippen MR) is 66.1 cm³/mol. The number of hydrogen-bond donors (Lipinski definition) is 1. The first-order valence-electron chi connectivity index (χ1n) is 5.33. The molecule has 0 aromatic heterocycles. The number of anilines is 1. The second-order valence-electron chi connectivity index (χ2n) is 3.53. The molecule has 0 radical (unpaired) electrons. The monoisotopic (exact) mass is 242 g/mol. The lowest BCUT2D eigenvalue weighted by Gasteiger charge is -2.07. The number of benzene rings is 1. The number of nitro benzene ring substituents is 1. The number of rotatable bonds is 6. The van der Waals surface area contributed by atoms with Crippen molar-refractivity contribution in [2.24, 2.45) is 0 Å². The van der Waals surface area contributed by atoms with Gasteiger partial charge in [-0.3, -0.25) is 10.1 Å². The first-order chi connectivity index (χ1) is 7.66. The average Bonchev–Trinajstić information content (AvgIpc) is 2.24. The van der Waals surface area contributed by atoms with Gasteiger partial charge < -0.3 is 5.32 Å². The van der Waals surface area contributed by atoms with Gasteiger partial charge in [0.15, 0.2) is 0 Å². The Morgan fingerprint density at radius 2 is 2.19 bits per heavy atom. The molecule has 16 heavy (non-hydrogen) atoms. The third-order valence-corrected chi connectivity index (χ3v) is 2.57. The fourth-order valence-electron chi connectivity index (χ4n) is 1.44. The van der Waals surface area contributed by atoms with E-state index in [0.717, 1.165) is 25.8 Å². The van der Waals surface area contributed by atoms with Crippen molar-refractivity contribution in [1.29, 1.82) is 0 Å². The van der Waals surface area contributed by atoms with Crippen LogP contribution in [-0.4, -0.2) is 11.5 Å². The molecule has 0 spiro atoms. The lowest BCUT2D eigenvalue weighted by Crippen LogP contribution is -2.04. The summed E-state index contributed by atoms with van der Waals surface area (Å²) in [7, 11) is 0. The molecule has 0 unspecified atom stereocenters. The van der Waals surface area contributed by atoms with Crippen LogP contribution in [0.2, 0.25) is 5.02 Å². The van der Waals surface area contributed by atoms with Crippen molar-refractivity contribution in [3.05, 3.63) is 33.3 Å². The Balaban J connectivity index is 2.71. The number of nitrogens with zero attached hydrogens (tertiary/aromatic N) is 1. The smallest absolute Gasteiger partial charge is 0.310 e. The van der Waals surface area contributed by atoms with Gasteiger partial charge in [0.1, 0.15) is 10.7 Å². The van der Waals surface area contributed by atoms with Crippen LogP contribution in [0, 0.1) is 10.1 Å². The standard InChI is InChI=1S/C11H15ClN2O2/c1-2-3-4-8-13-10-7-5-6-9(12)11(10)14(15)16/h5-7,13H,2-4,8H2,1H3. The van der Waals surface area contributed by atoms with Crippen LogP contribution in [0.5, 0.6) is 0 Å². The topological polar surface area (TPSA) is 55.2 Å². The maximum atomic E-state index is 10.8. The Morgan fingerprint density at radius 1 is 1.44 bits per heavy atom. The summed E-state index contributed by atoms with van der Waals surface area (Å²) in [5, 5.41) is 14.0. The summed E-state index contributed by atoms with van der Waals surface area (Å²) in [4.78, 5) is 10.4. The Kier molecular flexibility index (Phi) is 5.05. The van der Waals surface area contributed by atoms with Crippen molar-refractivity contribution in [2.45, 2.75) is 26.2 Å². The molecule has 0 saturated heterocycles. The minimum atomic E-state index is -0.454. The van der Waals surface area contributed by atoms with Crippen LogP contribution in [0.3, 0.4) is 0 Å². The van der Waals surface area contributed by atoms with Gasteiger partial charge in [-0.1, -0.05) is 37.4 Å². The molecule has 0 amide bonds. The van der Waals surface area contributed by atoms with Gasteiger partial charge in [0.2, 0.25) is 0 Å². The van der Waals surface area contributed by atoms with Crippen LogP contribution in [0.4, 0.5) is 11.4 Å². The Bertz CT molecular complexity index is 369. The highest BCUT2D eigenvalue weighted by Crippen LogP contribution is 2.32. The van der Waals surface area contributed by atoms with Gasteiger partial charge in [-0.15, -0.1) is 0 Å². The van der Waals surface area contributed by atoms with Crippen LogP contribution in [0.15, 0.2) is 18.2 Å². The quantitative estimate of drug-likeness (QED) is 0.468. The van der Waals surface area contributed by atoms with Crippen molar-refractivity contribution in [3.8, 4) is 0 Å². The van der Waals surface area contributed by atoms with Crippen LogP contribution < -0.4 is 5.32 Å². The molecular weight excluding hydrogens is 228 g/mol. The first-order valence-corrected chi connectivity index (χ1v) is 5.71. The van der Waals surface area contributed by atoms with E-state index in [9.17, 15) is 10.1 Å². The van der Waals surface area contributed by atoms with Crippen LogP contribution in [-0.2, 0) is 0 Å². The molecule has 0 bridgehead atoms. The van der Waals surface area contributed by atoms with E-state index in [2.05, 4.69) is 12.2 Å². The molecule has 4 nitrogen and oxygen atoms in total. The third-order valence-electron chi connectivity index (χ3n) is 2.27. The summed E-state index contributed by atoms with van der Waals surface area (Å²) in [6.45, 7) is 2.84. The maximum absolute atomic E-state index is 10.8. The predicted octanol–water partition coefficient (Wildman–Crippen LogP) is 3.85. The fourth-order valence-corrected chi connectivity index (χ4v) is 1.69. The molecule has 1 aromatic rings. The summed E-state index contributed by atoms with van der Waals surface area (Å²) in [6.07, 6.45) is 3.24. The summed E-state index contributed by atoms with van der Waals surface area (Å²) in [5.41, 5.74) is 0.453. The Morgan fingerprint density at radius 3 is 2.81 bits per heavy atom. The van der Waals surface area contributed by atoms with Crippen molar-refractivity contribution in [3.63, 3.8) is 0 Å². The molecule has 5 heteroatoms. The number of hydrogen-bond acceptors (Lipinski definition) is 3. The molecule has 1 rings (SSSR count). The van der Waals surface area contributed by atoms with E-state index in [0.29, 0.717) is 5.69 Å². The van der Waals surface area contributed by atoms with Crippen LogP contribution in [0.1, 0.15) is 26.2 Å². The molecule has 0 saturated carbocycles. The highest BCUT2D eigenvalue weighted by molar-refractivity contribution is 6.33. The van der Waals surface area contributed by atoms with E-state index >= 15 is 0 Å². The van der Waals surface area contributed by atoms with E-state index in [1.54, 1.807) is 12.1 Å². The normalized spacial score (nSPS) is 10.1. The van der Waals surface area contributed by atoms with Crippen LogP contribution >= 0.6 is 11.6 Å². The SMILES string of the molecule is CCCCCNc1cccc(Cl)c1[N+](=O)[O-]. The molecule has 0 aliphatic heterocycles. The number of para-hydroxylation sites is 1. The Hall–Kier alpha value is -1.29. The molecule has 0 aliphatic rings. The Labute approximate surface area is 99.8 Å². The number of nitrogens with one attached hydrogen (secondary N) is 1. The number of unbranched alkanes of at least 4 members (excludes halogenated alkanes) is 2. The van der Waals surface area contributed by atoms with Gasteiger partial charge in [-0.05, 0) is 18.6 Å². The van der Waals surface area contributed by atoms with Crippen molar-refractivity contribution >= 4 is 23.0 Å². The second-order valence-corrected chi connectivity index (χ2v) is 3.93. The van der Waals surface area contributed by atoms with Gasteiger partial charge in [-0.2, -0.15) is 0 Å². The highest BCUT2D eigenvalue weighted by Gasteiger charge is 2.17. The summed E-state index contributed by atoms with van der Waals surface area (Å²) in [5.74, 6) is 0. The molecule has 0 heterocycles. The summed E-state index contributed by atoms with van der Waals surface area (Å²) in [6, 6.07) is 4.91. The van der Waals surface area contributed by atoms with E-state index in [1.807, 2.05) is 0 Å². The lowest BCUT2D eigenvalue weighted by molar-refractivity contribution is -0.383. The van der Waals surface area contributed by atoms with E-state index in [4.69, 9.17) is 11.6 Å². The van der Waals surface area contributed by atoms with Gasteiger partial charge >= 0.3 is 5.69 Å². The van der Waals surface area contributed by atoms with Gasteiger partial charge in [0.25, 0.3) is 0 Å². The minimum absolute atomic E-state index is 0.0411. The first kappa shape index (κ1) is 12.8. The number of nitro groups is 1. The van der Waals surface area contributed by atoms with Crippen molar-refractivity contribution in [2.75, 3.05) is 11.9 Å². The molecule has 1 aromatic carbocycles. The maximum Gasteiger partial charge on any atom is 0.310 e. The van der Waals surface area contributed by atoms with Gasteiger partial charge in [0, 0.05) is 6.54 Å². The van der Waals surface area contributed by atoms with E-state index < -0.39 is 4.92 Å². The molecule has 0 atom stereocenters. The molecular formula is C11H15ClN2O2. The van der Waals surface area contributed by atoms with Gasteiger partial charge in [-0.25, -0.2) is 0 Å². The largest absolute Gasteiger partial charge is 0.379 e. The van der Waals surface area contributed by atoms with E-state index in [-0.39, 0.29) is 10.7 Å². The highest BCUT2D eigenvalue weighted by atomic mass is 35.5. The van der Waals surface area contributed by atoms with Crippen LogP contribution in [0.25, 0.3) is 0 Å². The zero-order valence-corrected chi connectivity index (χ0v) is 9.96.